The van der Waals surface area contributed by atoms with Crippen LogP contribution in [0.1, 0.15) is 11.4 Å². The van der Waals surface area contributed by atoms with Crippen molar-refractivity contribution in [1.29, 1.82) is 0 Å². The van der Waals surface area contributed by atoms with Crippen molar-refractivity contribution in [3.05, 3.63) is 45.1 Å². The number of aryl methyl sites for hydroxylation is 2. The first kappa shape index (κ1) is 17.9. The molecule has 124 valence electrons. The number of rotatable bonds is 5. The summed E-state index contributed by atoms with van der Waals surface area (Å²) in [6, 6.07) is 6.15. The maximum absolute atomic E-state index is 12.1. The van der Waals surface area contributed by atoms with E-state index in [2.05, 4.69) is 26.5 Å². The third-order valence-electron chi connectivity index (χ3n) is 2.90. The molecule has 1 amide bonds. The maximum Gasteiger partial charge on any atom is 0.258 e. The average molecular weight is 422 g/mol. The minimum absolute atomic E-state index is 0.0414. The summed E-state index contributed by atoms with van der Waals surface area (Å²) in [7, 11) is -3.96. The van der Waals surface area contributed by atoms with Crippen LogP contribution in [0, 0.1) is 13.8 Å². The first-order valence-electron chi connectivity index (χ1n) is 6.46. The highest BCUT2D eigenvalue weighted by Crippen LogP contribution is 2.24. The highest BCUT2D eigenvalue weighted by molar-refractivity contribution is 9.10. The van der Waals surface area contributed by atoms with Crippen molar-refractivity contribution >= 4 is 43.5 Å². The van der Waals surface area contributed by atoms with Crippen LogP contribution in [0.2, 0.25) is 5.02 Å². The standard InChI is InChI=1S/C13H14BrClN4O3S/c1-8-5-9(2)19(17-8)7-13(20)16-18-23(21,22)12-4-3-10(14)6-11(12)15/h3-6,18H,7H2,1-2H3,(H,16,20). The van der Waals surface area contributed by atoms with Crippen LogP contribution in [0.25, 0.3) is 0 Å². The van der Waals surface area contributed by atoms with Gasteiger partial charge in [-0.3, -0.25) is 14.9 Å². The lowest BCUT2D eigenvalue weighted by Gasteiger charge is -2.10. The Labute approximate surface area is 147 Å². The third kappa shape index (κ3) is 4.54. The van der Waals surface area contributed by atoms with Gasteiger partial charge in [-0.25, -0.2) is 8.42 Å². The molecule has 0 aliphatic heterocycles. The molecule has 0 atom stereocenters. The van der Waals surface area contributed by atoms with Gasteiger partial charge in [0.25, 0.3) is 15.9 Å². The summed E-state index contributed by atoms with van der Waals surface area (Å²) in [5.41, 5.74) is 3.72. The van der Waals surface area contributed by atoms with Gasteiger partial charge in [-0.1, -0.05) is 27.5 Å². The zero-order chi connectivity index (χ0) is 17.2. The molecule has 1 aromatic heterocycles. The van der Waals surface area contributed by atoms with Gasteiger partial charge in [0.2, 0.25) is 0 Å². The molecule has 0 saturated carbocycles. The van der Waals surface area contributed by atoms with E-state index in [1.165, 1.54) is 22.9 Å². The molecule has 2 aromatic rings. The number of nitrogens with zero attached hydrogens (tertiary/aromatic N) is 2. The first-order chi connectivity index (χ1) is 10.7. The van der Waals surface area contributed by atoms with Crippen molar-refractivity contribution < 1.29 is 13.2 Å². The van der Waals surface area contributed by atoms with E-state index in [4.69, 9.17) is 11.6 Å². The molecule has 0 unspecified atom stereocenters. The lowest BCUT2D eigenvalue weighted by atomic mass is 10.4. The van der Waals surface area contributed by atoms with Crippen LogP contribution in [-0.4, -0.2) is 24.1 Å². The number of carbonyl (C=O) groups excluding carboxylic acids is 1. The van der Waals surface area contributed by atoms with Crippen molar-refractivity contribution in [2.24, 2.45) is 0 Å². The topological polar surface area (TPSA) is 93.1 Å². The molecule has 0 fully saturated rings. The Hall–Kier alpha value is -1.42. The first-order valence-corrected chi connectivity index (χ1v) is 9.11. The van der Waals surface area contributed by atoms with Crippen LogP contribution >= 0.6 is 27.5 Å². The fourth-order valence-electron chi connectivity index (χ4n) is 1.88. The average Bonchev–Trinajstić information content (AvgIpc) is 2.74. The molecule has 1 heterocycles. The van der Waals surface area contributed by atoms with E-state index in [1.54, 1.807) is 13.8 Å². The Morgan fingerprint density at radius 1 is 1.35 bits per heavy atom. The van der Waals surface area contributed by atoms with Gasteiger partial charge in [-0.05, 0) is 38.1 Å². The molecule has 0 saturated heterocycles. The summed E-state index contributed by atoms with van der Waals surface area (Å²) in [6.45, 7) is 3.51. The summed E-state index contributed by atoms with van der Waals surface area (Å²) < 4.78 is 26.4. The van der Waals surface area contributed by atoms with Gasteiger partial charge in [-0.2, -0.15) is 5.10 Å². The number of sulfonamides is 1. The van der Waals surface area contributed by atoms with Gasteiger partial charge in [0, 0.05) is 10.2 Å². The highest BCUT2D eigenvalue weighted by atomic mass is 79.9. The molecule has 10 heteroatoms. The molecular formula is C13H14BrClN4O3S. The van der Waals surface area contributed by atoms with E-state index < -0.39 is 15.9 Å². The summed E-state index contributed by atoms with van der Waals surface area (Å²) in [6.07, 6.45) is 0. The lowest BCUT2D eigenvalue weighted by Crippen LogP contribution is -2.43. The largest absolute Gasteiger partial charge is 0.276 e. The molecule has 0 aliphatic rings. The Bertz CT molecular complexity index is 851. The second-order valence-electron chi connectivity index (χ2n) is 4.81. The molecule has 7 nitrogen and oxygen atoms in total. The van der Waals surface area contributed by atoms with Crippen LogP contribution in [0.3, 0.4) is 0 Å². The van der Waals surface area contributed by atoms with Gasteiger partial charge >= 0.3 is 0 Å². The van der Waals surface area contributed by atoms with E-state index in [1.807, 2.05) is 10.9 Å². The van der Waals surface area contributed by atoms with E-state index in [-0.39, 0.29) is 16.5 Å². The number of nitrogens with one attached hydrogen (secondary N) is 2. The molecule has 1 aromatic carbocycles. The van der Waals surface area contributed by atoms with E-state index >= 15 is 0 Å². The number of hydrogen-bond donors (Lipinski definition) is 2. The van der Waals surface area contributed by atoms with Crippen molar-refractivity contribution in [3.8, 4) is 0 Å². The number of aromatic nitrogens is 2. The molecule has 2 rings (SSSR count). The van der Waals surface area contributed by atoms with Gasteiger partial charge in [0.05, 0.1) is 10.7 Å². The fraction of sp³-hybridized carbons (Fsp3) is 0.231. The number of benzene rings is 1. The summed E-state index contributed by atoms with van der Waals surface area (Å²) in [5, 5.41) is 4.17. The lowest BCUT2D eigenvalue weighted by molar-refractivity contribution is -0.122. The molecule has 2 N–H and O–H groups in total. The SMILES string of the molecule is Cc1cc(C)n(CC(=O)NNS(=O)(=O)c2ccc(Br)cc2Cl)n1. The smallest absolute Gasteiger partial charge is 0.258 e. The number of hydrazine groups is 1. The van der Waals surface area contributed by atoms with Crippen molar-refractivity contribution in [2.75, 3.05) is 0 Å². The van der Waals surface area contributed by atoms with E-state index in [9.17, 15) is 13.2 Å². The summed E-state index contributed by atoms with van der Waals surface area (Å²) >= 11 is 9.10. The molecule has 0 aliphatic carbocycles. The number of hydrogen-bond acceptors (Lipinski definition) is 4. The zero-order valence-electron chi connectivity index (χ0n) is 12.3. The van der Waals surface area contributed by atoms with Crippen LogP contribution in [0.15, 0.2) is 33.6 Å². The van der Waals surface area contributed by atoms with Crippen LogP contribution in [0.5, 0.6) is 0 Å². The summed E-state index contributed by atoms with van der Waals surface area (Å²) in [5.74, 6) is -0.548. The van der Waals surface area contributed by atoms with Gasteiger partial charge in [0.1, 0.15) is 11.4 Å². The van der Waals surface area contributed by atoms with Gasteiger partial charge in [0.15, 0.2) is 0 Å². The molecule has 0 bridgehead atoms. The van der Waals surface area contributed by atoms with Crippen LogP contribution in [0.4, 0.5) is 0 Å². The second kappa shape index (κ2) is 7.00. The predicted octanol–water partition coefficient (Wildman–Crippen LogP) is 1.93. The number of amides is 1. The molecular weight excluding hydrogens is 408 g/mol. The Balaban J connectivity index is 2.04. The van der Waals surface area contributed by atoms with Gasteiger partial charge in [-0.15, -0.1) is 4.83 Å². The summed E-state index contributed by atoms with van der Waals surface area (Å²) in [4.78, 5) is 13.7. The normalized spacial score (nSPS) is 11.5. The van der Waals surface area contributed by atoms with Crippen LogP contribution < -0.4 is 10.3 Å². The second-order valence-corrected chi connectivity index (χ2v) is 7.79. The molecule has 23 heavy (non-hydrogen) atoms. The fourth-order valence-corrected chi connectivity index (χ4v) is 3.78. The Kier molecular flexibility index (Phi) is 5.45. The minimum atomic E-state index is -3.96. The van der Waals surface area contributed by atoms with Crippen molar-refractivity contribution in [2.45, 2.75) is 25.3 Å². The highest BCUT2D eigenvalue weighted by Gasteiger charge is 2.19. The van der Waals surface area contributed by atoms with Gasteiger partial charge < -0.3 is 0 Å². The predicted molar refractivity (Wildman–Crippen MR) is 89.3 cm³/mol. The quantitative estimate of drug-likeness (QED) is 0.721. The number of halogens is 2. The molecule has 0 radical (unpaired) electrons. The van der Waals surface area contributed by atoms with Crippen LogP contribution in [-0.2, 0) is 21.4 Å². The van der Waals surface area contributed by atoms with Crippen molar-refractivity contribution in [3.63, 3.8) is 0 Å². The Morgan fingerprint density at radius 2 is 2.04 bits per heavy atom. The Morgan fingerprint density at radius 3 is 2.61 bits per heavy atom. The zero-order valence-corrected chi connectivity index (χ0v) is 15.5. The van der Waals surface area contributed by atoms with Crippen molar-refractivity contribution in [1.82, 2.24) is 20.0 Å². The third-order valence-corrected chi connectivity index (χ3v) is 5.13. The number of carbonyl (C=O) groups is 1. The molecule has 0 spiro atoms. The maximum atomic E-state index is 12.1. The van der Waals surface area contributed by atoms with E-state index in [0.717, 1.165) is 11.4 Å². The minimum Gasteiger partial charge on any atom is -0.276 e. The van der Waals surface area contributed by atoms with E-state index in [0.29, 0.717) is 4.47 Å². The monoisotopic (exact) mass is 420 g/mol.